The average molecular weight is 216 g/mol. The van der Waals surface area contributed by atoms with Crippen LogP contribution in [0.25, 0.3) is 0 Å². The number of carbonyl (C=O) groups is 2. The number of hydrogen-bond acceptors (Lipinski definition) is 2. The SMILES string of the molecule is Cc1ccc(C2=NC(=O)N=C2C(=O)O)cc1. The van der Waals surface area contributed by atoms with E-state index < -0.39 is 12.0 Å². The third-order valence-electron chi connectivity index (χ3n) is 2.17. The molecule has 0 saturated heterocycles. The van der Waals surface area contributed by atoms with Crippen molar-refractivity contribution in [2.75, 3.05) is 0 Å². The summed E-state index contributed by atoms with van der Waals surface area (Å²) in [5, 5.41) is 8.85. The van der Waals surface area contributed by atoms with Crippen LogP contribution < -0.4 is 0 Å². The zero-order chi connectivity index (χ0) is 11.7. The summed E-state index contributed by atoms with van der Waals surface area (Å²) in [5.41, 5.74) is 1.45. The van der Waals surface area contributed by atoms with Crippen LogP contribution in [0.15, 0.2) is 34.3 Å². The van der Waals surface area contributed by atoms with Crippen LogP contribution in [-0.2, 0) is 4.79 Å². The van der Waals surface area contributed by atoms with Crippen molar-refractivity contribution >= 4 is 23.4 Å². The van der Waals surface area contributed by atoms with Crippen molar-refractivity contribution < 1.29 is 14.7 Å². The van der Waals surface area contributed by atoms with E-state index in [4.69, 9.17) is 5.11 Å². The second-order valence-corrected chi connectivity index (χ2v) is 3.37. The number of aryl methyl sites for hydroxylation is 1. The van der Waals surface area contributed by atoms with Crippen LogP contribution >= 0.6 is 0 Å². The number of carbonyl (C=O) groups excluding carboxylic acids is 1. The molecule has 1 aromatic rings. The van der Waals surface area contributed by atoms with Crippen molar-refractivity contribution in [1.82, 2.24) is 0 Å². The lowest BCUT2D eigenvalue weighted by Gasteiger charge is -2.01. The van der Waals surface area contributed by atoms with Gasteiger partial charge in [0.2, 0.25) is 0 Å². The van der Waals surface area contributed by atoms with Gasteiger partial charge in [-0.3, -0.25) is 0 Å². The van der Waals surface area contributed by atoms with Crippen molar-refractivity contribution in [3.63, 3.8) is 0 Å². The molecule has 1 heterocycles. The Balaban J connectivity index is 2.45. The first kappa shape index (κ1) is 10.2. The Bertz CT molecular complexity index is 527. The number of amides is 2. The van der Waals surface area contributed by atoms with Crippen LogP contribution in [-0.4, -0.2) is 28.5 Å². The van der Waals surface area contributed by atoms with Crippen molar-refractivity contribution in [2.45, 2.75) is 6.92 Å². The molecule has 0 aromatic heterocycles. The van der Waals surface area contributed by atoms with E-state index in [1.54, 1.807) is 12.1 Å². The molecule has 2 rings (SSSR count). The number of carboxylic acids is 1. The first-order valence-corrected chi connectivity index (χ1v) is 4.60. The second kappa shape index (κ2) is 3.69. The lowest BCUT2D eigenvalue weighted by molar-refractivity contribution is -0.129. The van der Waals surface area contributed by atoms with Crippen LogP contribution in [0.5, 0.6) is 0 Å². The molecular formula is C11H8N2O3. The molecule has 1 aliphatic rings. The highest BCUT2D eigenvalue weighted by molar-refractivity contribution is 6.71. The summed E-state index contributed by atoms with van der Waals surface area (Å²) < 4.78 is 0. The highest BCUT2D eigenvalue weighted by Crippen LogP contribution is 2.11. The summed E-state index contributed by atoms with van der Waals surface area (Å²) in [6.45, 7) is 1.91. The van der Waals surface area contributed by atoms with Crippen LogP contribution in [0.3, 0.4) is 0 Å². The fourth-order valence-corrected chi connectivity index (χ4v) is 1.38. The van der Waals surface area contributed by atoms with Gasteiger partial charge in [-0.05, 0) is 6.92 Å². The highest BCUT2D eigenvalue weighted by atomic mass is 16.4. The van der Waals surface area contributed by atoms with Gasteiger partial charge in [0.25, 0.3) is 0 Å². The third-order valence-corrected chi connectivity index (χ3v) is 2.17. The van der Waals surface area contributed by atoms with E-state index >= 15 is 0 Å². The molecule has 1 aromatic carbocycles. The van der Waals surface area contributed by atoms with Crippen LogP contribution in [0.4, 0.5) is 4.79 Å². The number of aliphatic imine (C=N–C) groups is 2. The Morgan fingerprint density at radius 2 is 1.81 bits per heavy atom. The Labute approximate surface area is 91.2 Å². The smallest absolute Gasteiger partial charge is 0.368 e. The molecule has 1 N–H and O–H groups in total. The maximum Gasteiger partial charge on any atom is 0.368 e. The van der Waals surface area contributed by atoms with E-state index in [0.717, 1.165) is 5.56 Å². The molecule has 5 nitrogen and oxygen atoms in total. The van der Waals surface area contributed by atoms with E-state index in [1.807, 2.05) is 19.1 Å². The maximum atomic E-state index is 11.0. The lowest BCUT2D eigenvalue weighted by Crippen LogP contribution is -2.22. The Hall–Kier alpha value is -2.30. The summed E-state index contributed by atoms with van der Waals surface area (Å²) in [6, 6.07) is 6.30. The molecule has 0 atom stereocenters. The summed E-state index contributed by atoms with van der Waals surface area (Å²) in [6.07, 6.45) is 0. The number of nitrogens with zero attached hydrogens (tertiary/aromatic N) is 2. The van der Waals surface area contributed by atoms with E-state index in [1.165, 1.54) is 0 Å². The number of urea groups is 1. The van der Waals surface area contributed by atoms with Crippen LogP contribution in [0, 0.1) is 6.92 Å². The standard InChI is InChI=1S/C11H8N2O3/c1-6-2-4-7(5-3-6)8-9(10(14)15)13-11(16)12-8/h2-5H,1H3,(H,14,15). The lowest BCUT2D eigenvalue weighted by atomic mass is 10.0. The topological polar surface area (TPSA) is 79.1 Å². The minimum absolute atomic E-state index is 0.123. The van der Waals surface area contributed by atoms with Crippen LogP contribution in [0.1, 0.15) is 11.1 Å². The van der Waals surface area contributed by atoms with Gasteiger partial charge in [-0.25, -0.2) is 9.59 Å². The summed E-state index contributed by atoms with van der Waals surface area (Å²) in [7, 11) is 0. The van der Waals surface area contributed by atoms with E-state index in [0.29, 0.717) is 5.56 Å². The first-order chi connectivity index (χ1) is 7.58. The molecule has 0 fully saturated rings. The van der Waals surface area contributed by atoms with Gasteiger partial charge >= 0.3 is 12.0 Å². The molecule has 0 unspecified atom stereocenters. The van der Waals surface area contributed by atoms with Gasteiger partial charge in [-0.15, -0.1) is 0 Å². The fraction of sp³-hybridized carbons (Fsp3) is 0.0909. The van der Waals surface area contributed by atoms with Gasteiger partial charge in [0.05, 0.1) is 0 Å². The summed E-state index contributed by atoms with van der Waals surface area (Å²) in [4.78, 5) is 28.7. The first-order valence-electron chi connectivity index (χ1n) is 4.60. The zero-order valence-electron chi connectivity index (χ0n) is 8.47. The summed E-state index contributed by atoms with van der Waals surface area (Å²) >= 11 is 0. The monoisotopic (exact) mass is 216 g/mol. The van der Waals surface area contributed by atoms with Crippen molar-refractivity contribution in [1.29, 1.82) is 0 Å². The van der Waals surface area contributed by atoms with Gasteiger partial charge in [0, 0.05) is 5.56 Å². The van der Waals surface area contributed by atoms with Crippen molar-refractivity contribution in [3.8, 4) is 0 Å². The molecule has 0 saturated carbocycles. The number of carboxylic acid groups (broad SMARTS) is 1. The quantitative estimate of drug-likeness (QED) is 0.812. The predicted molar refractivity (Wildman–Crippen MR) is 58.2 cm³/mol. The minimum Gasteiger partial charge on any atom is -0.476 e. The normalized spacial score (nSPS) is 14.7. The van der Waals surface area contributed by atoms with Gasteiger partial charge in [-0.2, -0.15) is 9.98 Å². The molecule has 0 radical (unpaired) electrons. The molecule has 0 bridgehead atoms. The van der Waals surface area contributed by atoms with Crippen LogP contribution in [0.2, 0.25) is 0 Å². The molecule has 5 heteroatoms. The molecule has 16 heavy (non-hydrogen) atoms. The predicted octanol–water partition coefficient (Wildman–Crippen LogP) is 1.44. The highest BCUT2D eigenvalue weighted by Gasteiger charge is 2.26. The largest absolute Gasteiger partial charge is 0.476 e. The van der Waals surface area contributed by atoms with Gasteiger partial charge in [0.1, 0.15) is 5.71 Å². The number of benzene rings is 1. The molecular weight excluding hydrogens is 208 g/mol. The average Bonchev–Trinajstić information content (AvgIpc) is 2.61. The molecule has 80 valence electrons. The Morgan fingerprint density at radius 3 is 2.38 bits per heavy atom. The molecule has 0 aliphatic carbocycles. The molecule has 0 spiro atoms. The zero-order valence-corrected chi connectivity index (χ0v) is 8.47. The number of hydrogen-bond donors (Lipinski definition) is 1. The maximum absolute atomic E-state index is 11.0. The van der Waals surface area contributed by atoms with E-state index in [-0.39, 0.29) is 11.4 Å². The fourth-order valence-electron chi connectivity index (χ4n) is 1.38. The Morgan fingerprint density at radius 1 is 1.19 bits per heavy atom. The van der Waals surface area contributed by atoms with Gasteiger partial charge in [0.15, 0.2) is 5.71 Å². The summed E-state index contributed by atoms with van der Waals surface area (Å²) in [5.74, 6) is -1.25. The third kappa shape index (κ3) is 1.75. The van der Waals surface area contributed by atoms with Gasteiger partial charge in [-0.1, -0.05) is 29.8 Å². The number of rotatable bonds is 2. The van der Waals surface area contributed by atoms with Crippen molar-refractivity contribution in [2.24, 2.45) is 9.98 Å². The minimum atomic E-state index is -1.25. The molecule has 2 amide bonds. The van der Waals surface area contributed by atoms with Crippen molar-refractivity contribution in [3.05, 3.63) is 35.4 Å². The van der Waals surface area contributed by atoms with E-state index in [9.17, 15) is 9.59 Å². The van der Waals surface area contributed by atoms with E-state index in [2.05, 4.69) is 9.98 Å². The Kier molecular flexibility index (Phi) is 2.36. The second-order valence-electron chi connectivity index (χ2n) is 3.37. The van der Waals surface area contributed by atoms with Gasteiger partial charge < -0.3 is 5.11 Å². The molecule has 1 aliphatic heterocycles. The number of aliphatic carboxylic acids is 1.